The summed E-state index contributed by atoms with van der Waals surface area (Å²) in [4.78, 5) is 6.63. The maximum Gasteiger partial charge on any atom is 0.0445 e. The van der Waals surface area contributed by atoms with Gasteiger partial charge in [0.25, 0.3) is 0 Å². The maximum atomic E-state index is 6.01. The Hall–Kier alpha value is -2.03. The molecule has 3 nitrogen and oxygen atoms in total. The van der Waals surface area contributed by atoms with Crippen LogP contribution in [0, 0.1) is 6.92 Å². The molecule has 1 aliphatic heterocycles. The molecule has 0 amide bonds. The summed E-state index contributed by atoms with van der Waals surface area (Å²) in [6, 6.07) is 8.36. The molecule has 2 aromatic rings. The van der Waals surface area contributed by atoms with Crippen LogP contribution < -0.4 is 10.6 Å². The molecule has 0 unspecified atom stereocenters. The topological polar surface area (TPSA) is 42.2 Å². The van der Waals surface area contributed by atoms with Crippen molar-refractivity contribution in [1.29, 1.82) is 0 Å². The molecule has 0 atom stereocenters. The van der Waals surface area contributed by atoms with Crippen molar-refractivity contribution in [3.63, 3.8) is 0 Å². The fourth-order valence-corrected chi connectivity index (χ4v) is 2.62. The van der Waals surface area contributed by atoms with Crippen molar-refractivity contribution < 1.29 is 0 Å². The van der Waals surface area contributed by atoms with Crippen LogP contribution in [-0.4, -0.2) is 11.5 Å². The van der Waals surface area contributed by atoms with Crippen LogP contribution in [0.1, 0.15) is 16.7 Å². The van der Waals surface area contributed by atoms with Gasteiger partial charge in [-0.25, -0.2) is 0 Å². The molecule has 1 aliphatic rings. The second kappa shape index (κ2) is 4.33. The number of aromatic nitrogens is 1. The van der Waals surface area contributed by atoms with E-state index >= 15 is 0 Å². The number of rotatable bonds is 2. The van der Waals surface area contributed by atoms with E-state index in [1.807, 2.05) is 24.5 Å². The van der Waals surface area contributed by atoms with E-state index in [2.05, 4.69) is 28.9 Å². The standard InChI is InChI=1S/C15H17N3/c1-11-7-12(9-17-8-11)10-18-6-5-13-14(16)3-2-4-15(13)18/h2-4,7-9H,5-6,10,16H2,1H3. The minimum Gasteiger partial charge on any atom is -0.398 e. The third-order valence-electron chi connectivity index (χ3n) is 3.46. The summed E-state index contributed by atoms with van der Waals surface area (Å²) >= 11 is 0. The highest BCUT2D eigenvalue weighted by molar-refractivity contribution is 5.68. The van der Waals surface area contributed by atoms with E-state index in [-0.39, 0.29) is 0 Å². The van der Waals surface area contributed by atoms with Gasteiger partial charge in [-0.15, -0.1) is 0 Å². The number of fused-ring (bicyclic) bond motifs is 1. The zero-order valence-corrected chi connectivity index (χ0v) is 10.6. The van der Waals surface area contributed by atoms with Gasteiger partial charge in [0.1, 0.15) is 0 Å². The average molecular weight is 239 g/mol. The van der Waals surface area contributed by atoms with E-state index in [0.717, 1.165) is 25.2 Å². The van der Waals surface area contributed by atoms with Crippen LogP contribution in [0.5, 0.6) is 0 Å². The zero-order chi connectivity index (χ0) is 12.5. The number of aryl methyl sites for hydroxylation is 1. The minimum atomic E-state index is 0.908. The number of benzene rings is 1. The largest absolute Gasteiger partial charge is 0.398 e. The Morgan fingerprint density at radius 1 is 1.33 bits per heavy atom. The number of hydrogen-bond acceptors (Lipinski definition) is 3. The Morgan fingerprint density at radius 3 is 3.06 bits per heavy atom. The van der Waals surface area contributed by atoms with E-state index in [1.165, 1.54) is 22.4 Å². The van der Waals surface area contributed by atoms with Gasteiger partial charge in [0, 0.05) is 42.4 Å². The molecule has 0 fully saturated rings. The average Bonchev–Trinajstić information content (AvgIpc) is 2.74. The molecule has 3 rings (SSSR count). The summed E-state index contributed by atoms with van der Waals surface area (Å²) in [6.45, 7) is 4.02. The number of pyridine rings is 1. The van der Waals surface area contributed by atoms with Gasteiger partial charge in [0.15, 0.2) is 0 Å². The van der Waals surface area contributed by atoms with Crippen molar-refractivity contribution in [2.24, 2.45) is 0 Å². The summed E-state index contributed by atoms with van der Waals surface area (Å²) in [5.41, 5.74) is 12.0. The van der Waals surface area contributed by atoms with Gasteiger partial charge in [-0.1, -0.05) is 12.1 Å². The molecule has 0 radical (unpaired) electrons. The first-order chi connectivity index (χ1) is 8.74. The van der Waals surface area contributed by atoms with Crippen molar-refractivity contribution >= 4 is 11.4 Å². The second-order valence-corrected chi connectivity index (χ2v) is 4.89. The maximum absolute atomic E-state index is 6.01. The number of hydrogen-bond donors (Lipinski definition) is 1. The molecule has 18 heavy (non-hydrogen) atoms. The molecular weight excluding hydrogens is 222 g/mol. The molecule has 1 aromatic carbocycles. The highest BCUT2D eigenvalue weighted by Gasteiger charge is 2.20. The van der Waals surface area contributed by atoms with Gasteiger partial charge in [-0.05, 0) is 36.6 Å². The monoisotopic (exact) mass is 239 g/mol. The normalized spacial score (nSPS) is 13.7. The highest BCUT2D eigenvalue weighted by Crippen LogP contribution is 2.32. The van der Waals surface area contributed by atoms with Crippen molar-refractivity contribution in [1.82, 2.24) is 4.98 Å². The molecule has 1 aromatic heterocycles. The van der Waals surface area contributed by atoms with Crippen LogP contribution >= 0.6 is 0 Å². The Balaban J connectivity index is 1.87. The van der Waals surface area contributed by atoms with E-state index in [0.29, 0.717) is 0 Å². The van der Waals surface area contributed by atoms with Gasteiger partial charge >= 0.3 is 0 Å². The van der Waals surface area contributed by atoms with E-state index in [1.54, 1.807) is 0 Å². The van der Waals surface area contributed by atoms with Crippen molar-refractivity contribution in [3.8, 4) is 0 Å². The first-order valence-corrected chi connectivity index (χ1v) is 6.27. The number of anilines is 2. The molecule has 0 spiro atoms. The lowest BCUT2D eigenvalue weighted by Crippen LogP contribution is -2.19. The third kappa shape index (κ3) is 1.92. The summed E-state index contributed by atoms with van der Waals surface area (Å²) in [7, 11) is 0. The molecule has 2 N–H and O–H groups in total. The minimum absolute atomic E-state index is 0.908. The summed E-state index contributed by atoms with van der Waals surface area (Å²) in [6.07, 6.45) is 4.87. The molecular formula is C15H17N3. The van der Waals surface area contributed by atoms with Gasteiger partial charge in [-0.2, -0.15) is 0 Å². The smallest absolute Gasteiger partial charge is 0.0445 e. The molecule has 0 saturated carbocycles. The first-order valence-electron chi connectivity index (χ1n) is 6.27. The molecule has 0 bridgehead atoms. The van der Waals surface area contributed by atoms with Crippen molar-refractivity contribution in [3.05, 3.63) is 53.3 Å². The highest BCUT2D eigenvalue weighted by atomic mass is 15.1. The third-order valence-corrected chi connectivity index (χ3v) is 3.46. The fraction of sp³-hybridized carbons (Fsp3) is 0.267. The number of nitrogen functional groups attached to an aromatic ring is 1. The first kappa shape index (κ1) is 11.1. The molecule has 0 saturated heterocycles. The SMILES string of the molecule is Cc1cncc(CN2CCc3c(N)cccc32)c1. The predicted octanol–water partition coefficient (Wildman–Crippen LogP) is 2.53. The van der Waals surface area contributed by atoms with Crippen molar-refractivity contribution in [2.45, 2.75) is 19.9 Å². The Morgan fingerprint density at radius 2 is 2.22 bits per heavy atom. The van der Waals surface area contributed by atoms with E-state index in [9.17, 15) is 0 Å². The molecule has 2 heterocycles. The van der Waals surface area contributed by atoms with Gasteiger partial charge < -0.3 is 10.6 Å². The Bertz CT molecular complexity index is 578. The number of nitrogens with zero attached hydrogens (tertiary/aromatic N) is 2. The van der Waals surface area contributed by atoms with Gasteiger partial charge in [0.2, 0.25) is 0 Å². The van der Waals surface area contributed by atoms with Crippen LogP contribution in [-0.2, 0) is 13.0 Å². The van der Waals surface area contributed by atoms with Gasteiger partial charge in [-0.3, -0.25) is 4.98 Å². The van der Waals surface area contributed by atoms with Gasteiger partial charge in [0.05, 0.1) is 0 Å². The van der Waals surface area contributed by atoms with Crippen molar-refractivity contribution in [2.75, 3.05) is 17.2 Å². The number of nitrogens with two attached hydrogens (primary N) is 1. The van der Waals surface area contributed by atoms with Crippen LogP contribution in [0.4, 0.5) is 11.4 Å². The van der Waals surface area contributed by atoms with Crippen LogP contribution in [0.3, 0.4) is 0 Å². The summed E-state index contributed by atoms with van der Waals surface area (Å²) in [5.74, 6) is 0. The zero-order valence-electron chi connectivity index (χ0n) is 10.6. The van der Waals surface area contributed by atoms with E-state index < -0.39 is 0 Å². The molecule has 0 aliphatic carbocycles. The van der Waals surface area contributed by atoms with Crippen LogP contribution in [0.15, 0.2) is 36.7 Å². The van der Waals surface area contributed by atoms with E-state index in [4.69, 9.17) is 5.73 Å². The predicted molar refractivity (Wildman–Crippen MR) is 74.6 cm³/mol. The molecule has 92 valence electrons. The molecule has 3 heteroatoms. The lowest BCUT2D eigenvalue weighted by Gasteiger charge is -2.19. The lowest BCUT2D eigenvalue weighted by molar-refractivity contribution is 0.831. The lowest BCUT2D eigenvalue weighted by atomic mass is 10.1. The van der Waals surface area contributed by atoms with Crippen LogP contribution in [0.25, 0.3) is 0 Å². The summed E-state index contributed by atoms with van der Waals surface area (Å²) in [5, 5.41) is 0. The van der Waals surface area contributed by atoms with Crippen LogP contribution in [0.2, 0.25) is 0 Å². The summed E-state index contributed by atoms with van der Waals surface area (Å²) < 4.78 is 0. The Labute approximate surface area is 107 Å². The Kier molecular flexibility index (Phi) is 2.67. The second-order valence-electron chi connectivity index (χ2n) is 4.89. The fourth-order valence-electron chi connectivity index (χ4n) is 2.62. The quantitative estimate of drug-likeness (QED) is 0.819.